The molecule has 0 amide bonds. The molecular formula is C27H35N6O8P. The summed E-state index contributed by atoms with van der Waals surface area (Å²) in [6, 6.07) is 7.36. The minimum absolute atomic E-state index is 0.0697. The summed E-state index contributed by atoms with van der Waals surface area (Å²) >= 11 is 0. The Morgan fingerprint density at radius 1 is 1.26 bits per heavy atom. The largest absolute Gasteiger partial charge is 0.465 e. The summed E-state index contributed by atoms with van der Waals surface area (Å²) in [5, 5.41) is 2.68. The van der Waals surface area contributed by atoms with Gasteiger partial charge in [-0.1, -0.05) is 31.5 Å². The number of nitrogens with two attached hydrogens (primary N) is 1. The van der Waals surface area contributed by atoms with E-state index in [0.717, 1.165) is 12.0 Å². The molecule has 4 rings (SSSR count). The lowest BCUT2D eigenvalue weighted by Gasteiger charge is -2.25. The van der Waals surface area contributed by atoms with Crippen molar-refractivity contribution >= 4 is 43.0 Å². The van der Waals surface area contributed by atoms with E-state index in [4.69, 9.17) is 24.3 Å². The number of nitrogens with one attached hydrogen (secondary N) is 2. The number of aromatic nitrogens is 4. The van der Waals surface area contributed by atoms with E-state index in [1.807, 2.05) is 6.92 Å². The number of rotatable bonds is 14. The van der Waals surface area contributed by atoms with Gasteiger partial charge in [-0.15, -0.1) is 0 Å². The molecule has 42 heavy (non-hydrogen) atoms. The lowest BCUT2D eigenvalue weighted by molar-refractivity contribution is -0.150. The monoisotopic (exact) mass is 602 g/mol. The third kappa shape index (κ3) is 7.64. The van der Waals surface area contributed by atoms with Crippen LogP contribution in [-0.2, 0) is 28.2 Å². The van der Waals surface area contributed by atoms with E-state index >= 15 is 0 Å². The standard InChI is InChI=1S/C27H35N6O8P/c1-5-9-17(2)40-25(36)18(3)32-42(37,41-21-10-7-6-8-11-21)39-15-27(14-38-19(4)34)12-20(27)13-33-16-29-22-23(33)30-26(28)31-24(22)35/h6-8,10-11,13,16-18H,5,9,12,14-15H2,1-4H3,(H,32,37)(H3,28,30,31,35)/b20-13-/t17-,18?,27+,42?/m0/s1. The van der Waals surface area contributed by atoms with Crippen molar-refractivity contribution in [2.45, 2.75) is 59.1 Å². The van der Waals surface area contributed by atoms with Crippen LogP contribution in [0.1, 0.15) is 47.0 Å². The van der Waals surface area contributed by atoms with Crippen LogP contribution in [0.15, 0.2) is 47.0 Å². The molecule has 0 aliphatic heterocycles. The predicted octanol–water partition coefficient (Wildman–Crippen LogP) is 3.41. The first-order valence-corrected chi connectivity index (χ1v) is 15.0. The van der Waals surface area contributed by atoms with Gasteiger partial charge in [0.1, 0.15) is 24.7 Å². The van der Waals surface area contributed by atoms with Crippen molar-refractivity contribution in [3.8, 4) is 5.75 Å². The highest BCUT2D eigenvalue weighted by molar-refractivity contribution is 7.52. The first kappa shape index (κ1) is 30.9. The molecule has 15 heteroatoms. The van der Waals surface area contributed by atoms with Crippen LogP contribution >= 0.6 is 7.75 Å². The number of ether oxygens (including phenoxy) is 2. The Hall–Kier alpha value is -4.00. The average Bonchev–Trinajstić information content (AvgIpc) is 3.46. The first-order valence-electron chi connectivity index (χ1n) is 13.5. The highest BCUT2D eigenvalue weighted by Crippen LogP contribution is 2.56. The Morgan fingerprint density at radius 2 is 2.00 bits per heavy atom. The van der Waals surface area contributed by atoms with Crippen LogP contribution in [0, 0.1) is 5.41 Å². The van der Waals surface area contributed by atoms with Crippen LogP contribution in [0.25, 0.3) is 17.4 Å². The molecule has 1 aliphatic carbocycles. The summed E-state index contributed by atoms with van der Waals surface area (Å²) in [5.74, 6) is -0.923. The van der Waals surface area contributed by atoms with Gasteiger partial charge < -0.3 is 19.7 Å². The number of esters is 2. The van der Waals surface area contributed by atoms with Crippen LogP contribution < -0.4 is 20.9 Å². The summed E-state index contributed by atoms with van der Waals surface area (Å²) in [5.41, 5.74) is 5.43. The third-order valence-electron chi connectivity index (χ3n) is 6.58. The number of H-pyrrole nitrogens is 1. The Kier molecular flexibility index (Phi) is 9.50. The summed E-state index contributed by atoms with van der Waals surface area (Å²) < 4.78 is 38.0. The van der Waals surface area contributed by atoms with E-state index in [1.165, 1.54) is 24.7 Å². The van der Waals surface area contributed by atoms with Crippen LogP contribution in [0.4, 0.5) is 5.95 Å². The van der Waals surface area contributed by atoms with Gasteiger partial charge in [0.25, 0.3) is 5.56 Å². The Morgan fingerprint density at radius 3 is 2.69 bits per heavy atom. The van der Waals surface area contributed by atoms with Gasteiger partial charge in [0.15, 0.2) is 11.2 Å². The number of benzene rings is 1. The lowest BCUT2D eigenvalue weighted by atomic mass is 10.1. The number of fused-ring (bicyclic) bond motifs is 1. The van der Waals surface area contributed by atoms with Gasteiger partial charge in [0.05, 0.1) is 18.1 Å². The normalized spacial score (nSPS) is 20.0. The van der Waals surface area contributed by atoms with Crippen molar-refractivity contribution in [2.75, 3.05) is 18.9 Å². The molecule has 14 nitrogen and oxygen atoms in total. The molecule has 2 heterocycles. The number of imidazole rings is 1. The highest BCUT2D eigenvalue weighted by Gasteiger charge is 2.52. The van der Waals surface area contributed by atoms with Gasteiger partial charge in [-0.25, -0.2) is 9.55 Å². The number of hydrogen-bond acceptors (Lipinski definition) is 11. The zero-order valence-corrected chi connectivity index (χ0v) is 24.8. The Bertz CT molecular complexity index is 1570. The molecule has 1 aromatic carbocycles. The number of aromatic amines is 1. The minimum Gasteiger partial charge on any atom is -0.465 e. The van der Waals surface area contributed by atoms with E-state index in [0.29, 0.717) is 12.8 Å². The topological polar surface area (TPSA) is 190 Å². The van der Waals surface area contributed by atoms with E-state index in [-0.39, 0.29) is 42.2 Å². The van der Waals surface area contributed by atoms with Crippen molar-refractivity contribution in [1.82, 2.24) is 24.6 Å². The second-order valence-electron chi connectivity index (χ2n) is 10.2. The molecule has 3 aromatic rings. The Balaban J connectivity index is 1.58. The maximum Gasteiger partial charge on any atom is 0.459 e. The fourth-order valence-corrected chi connectivity index (χ4v) is 5.83. The lowest BCUT2D eigenvalue weighted by Crippen LogP contribution is -2.37. The molecule has 1 saturated carbocycles. The smallest absolute Gasteiger partial charge is 0.459 e. The zero-order valence-electron chi connectivity index (χ0n) is 23.9. The average molecular weight is 603 g/mol. The second-order valence-corrected chi connectivity index (χ2v) is 11.9. The fourth-order valence-electron chi connectivity index (χ4n) is 4.25. The number of para-hydroxylation sites is 1. The van der Waals surface area contributed by atoms with Crippen LogP contribution in [0.2, 0.25) is 0 Å². The van der Waals surface area contributed by atoms with Gasteiger partial charge in [0.2, 0.25) is 5.95 Å². The van der Waals surface area contributed by atoms with E-state index in [9.17, 15) is 18.9 Å². The van der Waals surface area contributed by atoms with E-state index < -0.39 is 36.7 Å². The van der Waals surface area contributed by atoms with Crippen LogP contribution in [0.3, 0.4) is 0 Å². The maximum absolute atomic E-state index is 14.0. The van der Waals surface area contributed by atoms with E-state index in [2.05, 4.69) is 20.0 Å². The molecule has 0 radical (unpaired) electrons. The minimum atomic E-state index is -4.18. The molecule has 4 N–H and O–H groups in total. The van der Waals surface area contributed by atoms with Gasteiger partial charge in [-0.3, -0.25) is 28.5 Å². The molecule has 1 fully saturated rings. The second kappa shape index (κ2) is 12.9. The van der Waals surface area contributed by atoms with Crippen molar-refractivity contribution in [2.24, 2.45) is 5.41 Å². The van der Waals surface area contributed by atoms with Crippen molar-refractivity contribution in [1.29, 1.82) is 0 Å². The molecular weight excluding hydrogens is 567 g/mol. The number of nitrogen functional groups attached to an aromatic ring is 1. The molecule has 1 aliphatic rings. The molecule has 2 unspecified atom stereocenters. The number of carbonyl (C=O) groups is 2. The Labute approximate surface area is 242 Å². The zero-order chi connectivity index (χ0) is 30.5. The summed E-state index contributed by atoms with van der Waals surface area (Å²) in [6.07, 6.45) is 4.70. The quantitative estimate of drug-likeness (QED) is 0.180. The maximum atomic E-state index is 14.0. The van der Waals surface area contributed by atoms with Gasteiger partial charge in [-0.2, -0.15) is 10.1 Å². The summed E-state index contributed by atoms with van der Waals surface area (Å²) in [4.78, 5) is 47.2. The van der Waals surface area contributed by atoms with Crippen LogP contribution in [-0.4, -0.2) is 56.8 Å². The molecule has 2 aromatic heterocycles. The highest BCUT2D eigenvalue weighted by atomic mass is 31.2. The molecule has 0 bridgehead atoms. The number of hydrogen-bond donors (Lipinski definition) is 3. The van der Waals surface area contributed by atoms with E-state index in [1.54, 1.807) is 43.5 Å². The number of anilines is 1. The van der Waals surface area contributed by atoms with Crippen molar-refractivity contribution in [3.63, 3.8) is 0 Å². The van der Waals surface area contributed by atoms with Crippen molar-refractivity contribution in [3.05, 3.63) is 52.6 Å². The van der Waals surface area contributed by atoms with Crippen LogP contribution in [0.5, 0.6) is 5.75 Å². The number of nitrogens with zero attached hydrogens (tertiary/aromatic N) is 3. The molecule has 226 valence electrons. The van der Waals surface area contributed by atoms with Gasteiger partial charge >= 0.3 is 19.7 Å². The number of carbonyl (C=O) groups excluding carboxylic acids is 2. The molecule has 0 spiro atoms. The third-order valence-corrected chi connectivity index (χ3v) is 8.20. The summed E-state index contributed by atoms with van der Waals surface area (Å²) in [6.45, 7) is 6.28. The SMILES string of the molecule is CCC[C@H](C)OC(=O)C(C)NP(=O)(OC[C@]1(COC(C)=O)C/C1=C/n1cnc2c(=O)[nH]c(N)nc21)Oc1ccccc1. The first-order chi connectivity index (χ1) is 19.9. The predicted molar refractivity (Wildman–Crippen MR) is 154 cm³/mol. The summed E-state index contributed by atoms with van der Waals surface area (Å²) in [7, 11) is -4.18. The fraction of sp³-hybridized carbons (Fsp3) is 0.444. The molecule has 4 atom stereocenters. The van der Waals surface area contributed by atoms with Gasteiger partial charge in [0, 0.05) is 13.1 Å². The van der Waals surface area contributed by atoms with Gasteiger partial charge in [-0.05, 0) is 44.4 Å². The van der Waals surface area contributed by atoms with Crippen molar-refractivity contribution < 1.29 is 32.7 Å². The molecule has 0 saturated heterocycles.